The van der Waals surface area contributed by atoms with Gasteiger partial charge in [0.25, 0.3) is 5.91 Å². The van der Waals surface area contributed by atoms with Crippen molar-refractivity contribution >= 4 is 35.2 Å². The van der Waals surface area contributed by atoms with Crippen molar-refractivity contribution in [2.75, 3.05) is 19.1 Å². The maximum Gasteiger partial charge on any atom is 0.328 e. The molecule has 0 aliphatic carbocycles. The van der Waals surface area contributed by atoms with E-state index in [2.05, 4.69) is 17.2 Å². The molecule has 1 heterocycles. The van der Waals surface area contributed by atoms with Crippen molar-refractivity contribution in [1.82, 2.24) is 14.9 Å². The molecule has 1 amide bonds. The molecule has 1 N–H and O–H groups in total. The van der Waals surface area contributed by atoms with E-state index in [4.69, 9.17) is 16.3 Å². The summed E-state index contributed by atoms with van der Waals surface area (Å²) in [4.78, 5) is 28.5. The quantitative estimate of drug-likeness (QED) is 0.684. The minimum atomic E-state index is -0.690. The Hall–Kier alpha value is -1.21. The largest absolute Gasteiger partial charge is 0.467 e. The van der Waals surface area contributed by atoms with Crippen LogP contribution in [-0.4, -0.2) is 46.6 Å². The number of aryl methyl sites for hydroxylation is 1. The van der Waals surface area contributed by atoms with Gasteiger partial charge in [-0.1, -0.05) is 24.9 Å². The molecule has 130 valence electrons. The number of hydrogen-bond donors (Lipinski definition) is 1. The maximum absolute atomic E-state index is 12.5. The fraction of sp³-hybridized carbons (Fsp3) is 0.667. The summed E-state index contributed by atoms with van der Waals surface area (Å²) >= 11 is 7.71. The number of methoxy groups -OCH3 is 1. The zero-order valence-corrected chi connectivity index (χ0v) is 15.6. The van der Waals surface area contributed by atoms with Crippen molar-refractivity contribution in [3.8, 4) is 0 Å². The van der Waals surface area contributed by atoms with E-state index in [9.17, 15) is 9.59 Å². The lowest BCUT2D eigenvalue weighted by molar-refractivity contribution is -0.142. The number of unbranched alkanes of at least 4 members (excludes halogenated alkanes) is 1. The molecular formula is C15H24ClN3O3S. The molecular weight excluding hydrogens is 338 g/mol. The van der Waals surface area contributed by atoms with Crippen LogP contribution in [0, 0.1) is 0 Å². The first kappa shape index (κ1) is 19.8. The smallest absolute Gasteiger partial charge is 0.328 e. The summed E-state index contributed by atoms with van der Waals surface area (Å²) in [6, 6.07) is -0.690. The van der Waals surface area contributed by atoms with Crippen LogP contribution in [-0.2, 0) is 23.0 Å². The summed E-state index contributed by atoms with van der Waals surface area (Å²) in [6.07, 6.45) is 5.20. The number of carbonyl (C=O) groups excluding carboxylic acids is 2. The first-order valence-corrected chi connectivity index (χ1v) is 9.32. The van der Waals surface area contributed by atoms with Crippen LogP contribution in [0.3, 0.4) is 0 Å². The number of nitrogens with one attached hydrogen (secondary N) is 1. The Bertz CT molecular complexity index is 548. The third-order valence-electron chi connectivity index (χ3n) is 3.52. The van der Waals surface area contributed by atoms with E-state index in [1.165, 1.54) is 7.11 Å². The van der Waals surface area contributed by atoms with E-state index >= 15 is 0 Å². The standard InChI is InChI=1S/C15H24ClN3O3S/c1-5-6-7-11-18-13(16)12(19(11)2)14(20)17-10(8-9-23-4)15(21)22-3/h10H,5-9H2,1-4H3,(H,17,20)/t10-/m0/s1. The van der Waals surface area contributed by atoms with E-state index in [0.29, 0.717) is 6.42 Å². The van der Waals surface area contributed by atoms with Crippen LogP contribution >= 0.6 is 23.4 Å². The van der Waals surface area contributed by atoms with Gasteiger partial charge in [-0.15, -0.1) is 0 Å². The number of aromatic nitrogens is 2. The molecule has 0 aromatic carbocycles. The Kier molecular flexibility index (Phi) is 8.47. The molecule has 0 unspecified atom stereocenters. The van der Waals surface area contributed by atoms with Crippen LogP contribution in [0.25, 0.3) is 0 Å². The van der Waals surface area contributed by atoms with Gasteiger partial charge in [-0.25, -0.2) is 9.78 Å². The number of ether oxygens (including phenoxy) is 1. The molecule has 1 aromatic heterocycles. The molecule has 0 saturated heterocycles. The van der Waals surface area contributed by atoms with Crippen molar-refractivity contribution in [3.63, 3.8) is 0 Å². The topological polar surface area (TPSA) is 73.2 Å². The van der Waals surface area contributed by atoms with Gasteiger partial charge in [0, 0.05) is 13.5 Å². The highest BCUT2D eigenvalue weighted by molar-refractivity contribution is 7.98. The van der Waals surface area contributed by atoms with Gasteiger partial charge in [-0.05, 0) is 24.9 Å². The third-order valence-corrected chi connectivity index (χ3v) is 4.42. The predicted octanol–water partition coefficient (Wildman–Crippen LogP) is 2.44. The average Bonchev–Trinajstić information content (AvgIpc) is 2.82. The fourth-order valence-electron chi connectivity index (χ4n) is 2.17. The Morgan fingerprint density at radius 2 is 2.17 bits per heavy atom. The van der Waals surface area contributed by atoms with Crippen molar-refractivity contribution < 1.29 is 14.3 Å². The number of carbonyl (C=O) groups is 2. The van der Waals surface area contributed by atoms with Crippen LogP contribution in [0.5, 0.6) is 0 Å². The van der Waals surface area contributed by atoms with E-state index in [1.807, 2.05) is 6.26 Å². The number of hydrogen-bond acceptors (Lipinski definition) is 5. The molecule has 0 aliphatic heterocycles. The first-order chi connectivity index (χ1) is 11.0. The number of halogens is 1. The van der Waals surface area contributed by atoms with Crippen LogP contribution in [0.4, 0.5) is 0 Å². The zero-order chi connectivity index (χ0) is 17.4. The Balaban J connectivity index is 2.90. The Morgan fingerprint density at radius 3 is 2.74 bits per heavy atom. The molecule has 23 heavy (non-hydrogen) atoms. The summed E-state index contributed by atoms with van der Waals surface area (Å²) in [7, 11) is 3.06. The molecule has 0 bridgehead atoms. The molecule has 6 nitrogen and oxygen atoms in total. The number of amides is 1. The predicted molar refractivity (Wildman–Crippen MR) is 93.1 cm³/mol. The summed E-state index contributed by atoms with van der Waals surface area (Å²) < 4.78 is 6.44. The van der Waals surface area contributed by atoms with E-state index in [0.717, 1.165) is 30.8 Å². The molecule has 0 fully saturated rings. The Morgan fingerprint density at radius 1 is 1.48 bits per heavy atom. The third kappa shape index (κ3) is 5.42. The summed E-state index contributed by atoms with van der Waals surface area (Å²) in [6.45, 7) is 2.09. The fourth-order valence-corrected chi connectivity index (χ4v) is 2.95. The van der Waals surface area contributed by atoms with Crippen LogP contribution in [0.15, 0.2) is 0 Å². The molecule has 1 atom stereocenters. The van der Waals surface area contributed by atoms with Crippen molar-refractivity contribution in [3.05, 3.63) is 16.7 Å². The van der Waals surface area contributed by atoms with Crippen molar-refractivity contribution in [2.45, 2.75) is 38.6 Å². The van der Waals surface area contributed by atoms with Crippen LogP contribution in [0.1, 0.15) is 42.5 Å². The van der Waals surface area contributed by atoms with Gasteiger partial charge in [-0.2, -0.15) is 11.8 Å². The van der Waals surface area contributed by atoms with E-state index in [1.54, 1.807) is 23.4 Å². The monoisotopic (exact) mass is 361 g/mol. The summed E-state index contributed by atoms with van der Waals surface area (Å²) in [5.41, 5.74) is 0.274. The lowest BCUT2D eigenvalue weighted by Crippen LogP contribution is -2.42. The zero-order valence-electron chi connectivity index (χ0n) is 14.0. The second kappa shape index (κ2) is 9.82. The van der Waals surface area contributed by atoms with E-state index in [-0.39, 0.29) is 10.8 Å². The van der Waals surface area contributed by atoms with Gasteiger partial charge < -0.3 is 14.6 Å². The Labute approximate surface area is 146 Å². The lowest BCUT2D eigenvalue weighted by Gasteiger charge is -2.16. The molecule has 0 saturated carbocycles. The molecule has 0 radical (unpaired) electrons. The normalized spacial score (nSPS) is 12.0. The number of nitrogens with zero attached hydrogens (tertiary/aromatic N) is 2. The maximum atomic E-state index is 12.5. The van der Waals surface area contributed by atoms with Crippen LogP contribution in [0.2, 0.25) is 5.15 Å². The minimum Gasteiger partial charge on any atom is -0.467 e. The first-order valence-electron chi connectivity index (χ1n) is 7.54. The SMILES string of the molecule is CCCCc1nc(Cl)c(C(=O)N[C@@H](CCSC)C(=O)OC)n1C. The van der Waals surface area contributed by atoms with Gasteiger partial charge in [0.15, 0.2) is 5.15 Å². The minimum absolute atomic E-state index is 0.157. The van der Waals surface area contributed by atoms with Crippen molar-refractivity contribution in [1.29, 1.82) is 0 Å². The summed E-state index contributed by atoms with van der Waals surface area (Å²) in [5.74, 6) is 0.628. The highest BCUT2D eigenvalue weighted by Gasteiger charge is 2.26. The molecule has 8 heteroatoms. The second-order valence-corrected chi connectivity index (χ2v) is 6.50. The highest BCUT2D eigenvalue weighted by Crippen LogP contribution is 2.18. The summed E-state index contributed by atoms with van der Waals surface area (Å²) in [5, 5.41) is 2.85. The van der Waals surface area contributed by atoms with Crippen LogP contribution < -0.4 is 5.32 Å². The van der Waals surface area contributed by atoms with Gasteiger partial charge in [0.2, 0.25) is 0 Å². The van der Waals surface area contributed by atoms with Gasteiger partial charge in [-0.3, -0.25) is 4.79 Å². The number of rotatable bonds is 9. The molecule has 0 aliphatic rings. The number of imidazole rings is 1. The average molecular weight is 362 g/mol. The van der Waals surface area contributed by atoms with Gasteiger partial charge >= 0.3 is 5.97 Å². The molecule has 1 aromatic rings. The van der Waals surface area contributed by atoms with Gasteiger partial charge in [0.1, 0.15) is 17.6 Å². The highest BCUT2D eigenvalue weighted by atomic mass is 35.5. The number of thioether (sulfide) groups is 1. The lowest BCUT2D eigenvalue weighted by atomic mass is 10.2. The number of esters is 1. The molecule has 0 spiro atoms. The molecule has 1 rings (SSSR count). The second-order valence-electron chi connectivity index (χ2n) is 5.16. The van der Waals surface area contributed by atoms with E-state index < -0.39 is 17.9 Å². The van der Waals surface area contributed by atoms with Gasteiger partial charge in [0.05, 0.1) is 7.11 Å². The van der Waals surface area contributed by atoms with Crippen molar-refractivity contribution in [2.24, 2.45) is 7.05 Å².